The zero-order valence-electron chi connectivity index (χ0n) is 31.0. The third-order valence-corrected chi connectivity index (χ3v) is 15.0. The van der Waals surface area contributed by atoms with Crippen LogP contribution < -0.4 is 4.74 Å². The fraction of sp³-hybridized carbons (Fsp3) is 0.537. The average molecular weight is 645 g/mol. The molecule has 3 aromatic carbocycles. The van der Waals surface area contributed by atoms with Crippen LogP contribution in [0.15, 0.2) is 60.7 Å². The van der Waals surface area contributed by atoms with Crippen LogP contribution in [0.2, 0.25) is 18.1 Å². The van der Waals surface area contributed by atoms with Crippen LogP contribution in [0.4, 0.5) is 0 Å². The summed E-state index contributed by atoms with van der Waals surface area (Å²) >= 11 is 0. The van der Waals surface area contributed by atoms with Gasteiger partial charge in [0.25, 0.3) is 0 Å². The fourth-order valence-corrected chi connectivity index (χ4v) is 7.66. The van der Waals surface area contributed by atoms with Crippen LogP contribution in [0.5, 0.6) is 5.75 Å². The molecule has 0 amide bonds. The Hall–Kier alpha value is -2.89. The smallest absolute Gasteiger partial charge is 0.337 e. The summed E-state index contributed by atoms with van der Waals surface area (Å²) in [6, 6.07) is 21.2. The number of carbonyl (C=O) groups is 1. The molecule has 0 fully saturated rings. The van der Waals surface area contributed by atoms with E-state index in [-0.39, 0.29) is 27.9 Å². The molecule has 0 saturated heterocycles. The summed E-state index contributed by atoms with van der Waals surface area (Å²) in [5.41, 5.74) is 8.16. The zero-order valence-corrected chi connectivity index (χ0v) is 32.0. The molecule has 0 aliphatic heterocycles. The van der Waals surface area contributed by atoms with E-state index >= 15 is 0 Å². The summed E-state index contributed by atoms with van der Waals surface area (Å²) in [5.74, 6) is 0.543. The number of methoxy groups -OCH3 is 1. The van der Waals surface area contributed by atoms with Gasteiger partial charge in [0, 0.05) is 5.41 Å². The van der Waals surface area contributed by atoms with Crippen molar-refractivity contribution >= 4 is 14.3 Å². The van der Waals surface area contributed by atoms with Gasteiger partial charge >= 0.3 is 5.97 Å². The largest absolute Gasteiger partial charge is 0.489 e. The van der Waals surface area contributed by atoms with Crippen molar-refractivity contribution in [3.63, 3.8) is 0 Å². The van der Waals surface area contributed by atoms with Crippen molar-refractivity contribution in [1.29, 1.82) is 0 Å². The molecule has 0 aliphatic carbocycles. The van der Waals surface area contributed by atoms with Gasteiger partial charge < -0.3 is 13.9 Å². The topological polar surface area (TPSA) is 44.8 Å². The van der Waals surface area contributed by atoms with Crippen molar-refractivity contribution in [2.45, 2.75) is 131 Å². The highest BCUT2D eigenvalue weighted by molar-refractivity contribution is 6.74. The Balaban J connectivity index is 1.80. The molecule has 0 saturated carbocycles. The molecule has 4 nitrogen and oxygen atoms in total. The maximum Gasteiger partial charge on any atom is 0.337 e. The molecule has 1 atom stereocenters. The van der Waals surface area contributed by atoms with Gasteiger partial charge in [-0.1, -0.05) is 97.9 Å². The van der Waals surface area contributed by atoms with Gasteiger partial charge in [-0.15, -0.1) is 0 Å². The highest BCUT2D eigenvalue weighted by Gasteiger charge is 2.41. The first kappa shape index (κ1) is 37.6. The van der Waals surface area contributed by atoms with Crippen LogP contribution in [0, 0.1) is 19.3 Å². The molecule has 3 aromatic rings. The van der Waals surface area contributed by atoms with Gasteiger partial charge in [0.05, 0.1) is 18.8 Å². The first-order chi connectivity index (χ1) is 21.4. The number of carbonyl (C=O) groups excluding carboxylic acids is 1. The second kappa shape index (κ2) is 14.9. The molecule has 0 spiro atoms. The molecule has 252 valence electrons. The Bertz CT molecular complexity index is 1450. The standard InChI is InChI=1S/C41H60O4Si/c1-14-41(15-2,35-23-24-36(30(4)27-35)44-28-31-16-18-33(19-17-31)38(42)43-11)34-22-20-32(29(3)26-34)21-25-37(39(5,6)7)45-46(12,13)40(8,9)10/h16-20,22-24,26-27,37H,14-15,21,25,28H2,1-13H3/t37-/m0/s1. The second-order valence-corrected chi connectivity index (χ2v) is 20.4. The van der Waals surface area contributed by atoms with E-state index in [1.165, 1.54) is 29.4 Å². The van der Waals surface area contributed by atoms with Crippen LogP contribution >= 0.6 is 0 Å². The highest BCUT2D eigenvalue weighted by atomic mass is 28.4. The van der Waals surface area contributed by atoms with E-state index in [0.29, 0.717) is 12.2 Å². The summed E-state index contributed by atoms with van der Waals surface area (Å²) in [6.45, 7) is 28.1. The Morgan fingerprint density at radius 2 is 1.37 bits per heavy atom. The molecule has 0 bridgehead atoms. The van der Waals surface area contributed by atoms with Gasteiger partial charge in [-0.05, 0) is 115 Å². The lowest BCUT2D eigenvalue weighted by Gasteiger charge is -2.43. The van der Waals surface area contributed by atoms with E-state index in [2.05, 4.69) is 119 Å². The summed E-state index contributed by atoms with van der Waals surface area (Å²) in [5, 5.41) is 0.194. The maximum atomic E-state index is 11.7. The minimum atomic E-state index is -1.87. The molecule has 0 aliphatic rings. The Morgan fingerprint density at radius 3 is 1.85 bits per heavy atom. The van der Waals surface area contributed by atoms with Gasteiger partial charge in [-0.3, -0.25) is 0 Å². The molecule has 0 N–H and O–H groups in total. The van der Waals surface area contributed by atoms with Crippen molar-refractivity contribution in [1.82, 2.24) is 0 Å². The van der Waals surface area contributed by atoms with Gasteiger partial charge in [0.2, 0.25) is 0 Å². The highest BCUT2D eigenvalue weighted by Crippen LogP contribution is 2.42. The SMILES string of the molecule is CCC(CC)(c1ccc(CC[C@H](O[Si](C)(C)C(C)(C)C)C(C)(C)C)c(C)c1)c1ccc(OCc2ccc(C(=O)OC)cc2)c(C)c1. The summed E-state index contributed by atoms with van der Waals surface area (Å²) in [4.78, 5) is 11.7. The molecular weight excluding hydrogens is 585 g/mol. The quantitative estimate of drug-likeness (QED) is 0.137. The fourth-order valence-electron chi connectivity index (χ4n) is 6.12. The van der Waals surface area contributed by atoms with Crippen LogP contribution in [-0.2, 0) is 27.6 Å². The second-order valence-electron chi connectivity index (χ2n) is 15.7. The number of hydrogen-bond acceptors (Lipinski definition) is 4. The number of aryl methyl sites for hydroxylation is 3. The van der Waals surface area contributed by atoms with E-state index in [1.807, 2.05) is 12.1 Å². The van der Waals surface area contributed by atoms with Crippen molar-refractivity contribution in [3.05, 3.63) is 99.6 Å². The van der Waals surface area contributed by atoms with Crippen LogP contribution in [0.1, 0.15) is 118 Å². The van der Waals surface area contributed by atoms with Gasteiger partial charge in [-0.2, -0.15) is 0 Å². The third kappa shape index (κ3) is 8.71. The number of benzene rings is 3. The predicted octanol–water partition coefficient (Wildman–Crippen LogP) is 11.1. The van der Waals surface area contributed by atoms with Crippen molar-refractivity contribution in [2.75, 3.05) is 7.11 Å². The van der Waals surface area contributed by atoms with Gasteiger partial charge in [-0.25, -0.2) is 4.79 Å². The molecule has 0 radical (unpaired) electrons. The summed E-state index contributed by atoms with van der Waals surface area (Å²) < 4.78 is 18.0. The van der Waals surface area contributed by atoms with Crippen LogP contribution in [-0.4, -0.2) is 27.5 Å². The van der Waals surface area contributed by atoms with E-state index in [9.17, 15) is 4.79 Å². The maximum absolute atomic E-state index is 11.7. The van der Waals surface area contributed by atoms with E-state index in [1.54, 1.807) is 12.1 Å². The molecule has 0 unspecified atom stereocenters. The molecule has 46 heavy (non-hydrogen) atoms. The monoisotopic (exact) mass is 644 g/mol. The molecule has 5 heteroatoms. The van der Waals surface area contributed by atoms with Crippen LogP contribution in [0.3, 0.4) is 0 Å². The Kier molecular flexibility index (Phi) is 12.2. The zero-order chi connectivity index (χ0) is 34.5. The third-order valence-electron chi connectivity index (χ3n) is 10.5. The summed E-state index contributed by atoms with van der Waals surface area (Å²) in [7, 11) is -0.481. The van der Waals surface area contributed by atoms with Gasteiger partial charge in [0.15, 0.2) is 8.32 Å². The molecular formula is C41H60O4Si. The lowest BCUT2D eigenvalue weighted by Crippen LogP contribution is -2.47. The van der Waals surface area contributed by atoms with Crippen molar-refractivity contribution < 1.29 is 18.7 Å². The first-order valence-electron chi connectivity index (χ1n) is 17.1. The lowest BCUT2D eigenvalue weighted by molar-refractivity contribution is 0.0600. The number of ether oxygens (including phenoxy) is 2. The summed E-state index contributed by atoms with van der Waals surface area (Å²) in [6.07, 6.45) is 4.30. The van der Waals surface area contributed by atoms with E-state index in [4.69, 9.17) is 13.9 Å². The predicted molar refractivity (Wildman–Crippen MR) is 196 cm³/mol. The number of esters is 1. The minimum absolute atomic E-state index is 0.0737. The minimum Gasteiger partial charge on any atom is -0.489 e. The lowest BCUT2D eigenvalue weighted by atomic mass is 9.69. The van der Waals surface area contributed by atoms with E-state index < -0.39 is 8.32 Å². The van der Waals surface area contributed by atoms with Crippen LogP contribution in [0.25, 0.3) is 0 Å². The van der Waals surface area contributed by atoms with Gasteiger partial charge in [0.1, 0.15) is 12.4 Å². The Morgan fingerprint density at radius 1 is 0.804 bits per heavy atom. The average Bonchev–Trinajstić information content (AvgIpc) is 2.99. The first-order valence-corrected chi connectivity index (χ1v) is 20.0. The number of rotatable bonds is 13. The number of hydrogen-bond donors (Lipinski definition) is 0. The van der Waals surface area contributed by atoms with E-state index in [0.717, 1.165) is 42.6 Å². The Labute approximate surface area is 281 Å². The molecule has 3 rings (SSSR count). The van der Waals surface area contributed by atoms with Crippen molar-refractivity contribution in [2.24, 2.45) is 5.41 Å². The van der Waals surface area contributed by atoms with Crippen molar-refractivity contribution in [3.8, 4) is 5.75 Å². The molecule has 0 heterocycles. The normalized spacial score (nSPS) is 13.4. The molecule has 0 aromatic heterocycles.